The highest BCUT2D eigenvalue weighted by molar-refractivity contribution is 5.86. The van der Waals surface area contributed by atoms with Gasteiger partial charge in [-0.3, -0.25) is 4.79 Å². The number of aliphatic hydroxyl groups is 1. The number of ketones is 1. The lowest BCUT2D eigenvalue weighted by atomic mass is 9.52. The van der Waals surface area contributed by atoms with Crippen molar-refractivity contribution in [1.82, 2.24) is 0 Å². The Bertz CT molecular complexity index is 870. The zero-order valence-corrected chi connectivity index (χ0v) is 17.6. The van der Waals surface area contributed by atoms with Gasteiger partial charge < -0.3 is 9.84 Å². The number of aliphatic hydroxyl groups excluding tert-OH is 1. The Morgan fingerprint density at radius 1 is 1.21 bits per heavy atom. The molecule has 3 fully saturated rings. The van der Waals surface area contributed by atoms with Crippen LogP contribution in [0, 0.1) is 28.6 Å². The Morgan fingerprint density at radius 3 is 2.62 bits per heavy atom. The summed E-state index contributed by atoms with van der Waals surface area (Å²) in [7, 11) is 1.69. The van der Waals surface area contributed by atoms with E-state index in [-0.39, 0.29) is 34.0 Å². The van der Waals surface area contributed by atoms with Crippen molar-refractivity contribution in [3.63, 3.8) is 0 Å². The summed E-state index contributed by atoms with van der Waals surface area (Å²) < 4.78 is 5.40. The highest BCUT2D eigenvalue weighted by atomic mass is 16.5. The number of rotatable bonds is 4. The van der Waals surface area contributed by atoms with E-state index in [9.17, 15) is 9.90 Å². The average molecular weight is 393 g/mol. The van der Waals surface area contributed by atoms with Crippen molar-refractivity contribution in [2.45, 2.75) is 57.0 Å². The van der Waals surface area contributed by atoms with Crippen LogP contribution in [0.2, 0.25) is 0 Å². The molecule has 0 heterocycles. The van der Waals surface area contributed by atoms with Crippen molar-refractivity contribution in [2.24, 2.45) is 28.6 Å². The maximum absolute atomic E-state index is 13.6. The number of hydrogen-bond acceptors (Lipinski definition) is 3. The Hall–Kier alpha value is -1.87. The van der Waals surface area contributed by atoms with Crippen LogP contribution in [0.3, 0.4) is 0 Å². The third-order valence-electron chi connectivity index (χ3n) is 9.24. The first-order valence-corrected chi connectivity index (χ1v) is 11.1. The number of allylic oxidation sites excluding steroid dienone is 3. The molecular formula is C26H32O3. The van der Waals surface area contributed by atoms with Crippen LogP contribution in [0.4, 0.5) is 0 Å². The zero-order chi connectivity index (χ0) is 20.4. The molecule has 1 aromatic carbocycles. The van der Waals surface area contributed by atoms with Gasteiger partial charge in [-0.05, 0) is 48.3 Å². The van der Waals surface area contributed by atoms with Crippen molar-refractivity contribution in [1.29, 1.82) is 0 Å². The summed E-state index contributed by atoms with van der Waals surface area (Å²) in [6.45, 7) is 6.28. The molecule has 0 saturated heterocycles. The van der Waals surface area contributed by atoms with Gasteiger partial charge in [-0.2, -0.15) is 0 Å². The monoisotopic (exact) mass is 392 g/mol. The highest BCUT2D eigenvalue weighted by Gasteiger charge is 2.78. The Morgan fingerprint density at radius 2 is 1.93 bits per heavy atom. The van der Waals surface area contributed by atoms with Gasteiger partial charge >= 0.3 is 0 Å². The number of ether oxygens (including phenoxy) is 1. The van der Waals surface area contributed by atoms with Crippen LogP contribution >= 0.6 is 0 Å². The van der Waals surface area contributed by atoms with Crippen molar-refractivity contribution < 1.29 is 14.6 Å². The van der Waals surface area contributed by atoms with E-state index in [1.54, 1.807) is 7.11 Å². The van der Waals surface area contributed by atoms with Gasteiger partial charge in [-0.1, -0.05) is 50.1 Å². The van der Waals surface area contributed by atoms with E-state index < -0.39 is 6.10 Å². The molecule has 0 spiro atoms. The summed E-state index contributed by atoms with van der Waals surface area (Å²) >= 11 is 0. The molecule has 154 valence electrons. The van der Waals surface area contributed by atoms with Crippen molar-refractivity contribution in [2.75, 3.05) is 7.11 Å². The number of hydrogen-bond donors (Lipinski definition) is 1. The molecule has 1 aromatic rings. The summed E-state index contributed by atoms with van der Waals surface area (Å²) in [5.74, 6) is 1.05. The topological polar surface area (TPSA) is 46.5 Å². The minimum Gasteiger partial charge on any atom is -0.497 e. The fourth-order valence-corrected chi connectivity index (χ4v) is 8.06. The van der Waals surface area contributed by atoms with Gasteiger partial charge in [0.15, 0.2) is 0 Å². The molecule has 29 heavy (non-hydrogen) atoms. The van der Waals surface area contributed by atoms with E-state index in [1.165, 1.54) is 18.4 Å². The predicted molar refractivity (Wildman–Crippen MR) is 114 cm³/mol. The Labute approximate surface area is 173 Å². The molecule has 3 saturated carbocycles. The third-order valence-corrected chi connectivity index (χ3v) is 9.24. The van der Waals surface area contributed by atoms with Crippen molar-refractivity contribution in [3.05, 3.63) is 54.6 Å². The first kappa shape index (κ1) is 19.1. The molecule has 2 bridgehead atoms. The largest absolute Gasteiger partial charge is 0.497 e. The van der Waals surface area contributed by atoms with Crippen LogP contribution in [-0.4, -0.2) is 24.1 Å². The van der Waals surface area contributed by atoms with Crippen molar-refractivity contribution >= 4 is 5.78 Å². The summed E-state index contributed by atoms with van der Waals surface area (Å²) in [5, 5.41) is 11.6. The van der Waals surface area contributed by atoms with Gasteiger partial charge in [0.2, 0.25) is 0 Å². The van der Waals surface area contributed by atoms with E-state index in [4.69, 9.17) is 4.74 Å². The van der Waals surface area contributed by atoms with Crippen LogP contribution < -0.4 is 4.74 Å². The van der Waals surface area contributed by atoms with Gasteiger partial charge in [0.05, 0.1) is 13.2 Å². The maximum Gasteiger partial charge on any atom is 0.137 e. The second-order valence-corrected chi connectivity index (χ2v) is 9.96. The van der Waals surface area contributed by atoms with E-state index in [0.29, 0.717) is 18.6 Å². The minimum atomic E-state index is -0.484. The number of carbonyl (C=O) groups is 1. The molecule has 4 aliphatic carbocycles. The van der Waals surface area contributed by atoms with Gasteiger partial charge in [0, 0.05) is 29.1 Å². The normalized spacial score (nSPS) is 45.0. The molecule has 0 radical (unpaired) electrons. The molecule has 7 atom stereocenters. The molecule has 1 N–H and O–H groups in total. The van der Waals surface area contributed by atoms with Crippen LogP contribution in [-0.2, 0) is 10.2 Å². The Kier molecular flexibility index (Phi) is 4.16. The second-order valence-electron chi connectivity index (χ2n) is 9.96. The molecule has 0 unspecified atom stereocenters. The van der Waals surface area contributed by atoms with Crippen LogP contribution in [0.5, 0.6) is 5.75 Å². The van der Waals surface area contributed by atoms with E-state index in [0.717, 1.165) is 18.6 Å². The summed E-state index contributed by atoms with van der Waals surface area (Å²) in [4.78, 5) is 13.6. The number of fused-ring (bicyclic) bond motifs is 2. The first-order valence-electron chi connectivity index (χ1n) is 11.1. The SMILES string of the molecule is C=CC[C@H]1CC(=O)[C@H]2[C@@H]([C@@H]1O)[C@]1(c3ccc(OC)cc3)C=C[C@@]23CCCC[C@@]31C. The highest BCUT2D eigenvalue weighted by Crippen LogP contribution is 2.79. The number of benzene rings is 1. The standard InChI is InChI=1S/C26H32O3/c1-4-7-17-16-20(27)21-22(23(17)28)26(18-8-10-19(29-3)11-9-18)15-14-25(21)13-6-5-12-24(25,26)2/h4,8-11,14-15,17,21-23,28H,1,5-7,12-13,16H2,2-3H3/t17-,21-,22-,23+,24-,25-,26+/m0/s1. The van der Waals surface area contributed by atoms with E-state index in [2.05, 4.69) is 37.8 Å². The number of carbonyl (C=O) groups excluding carboxylic acids is 1. The molecule has 0 aliphatic heterocycles. The molecular weight excluding hydrogens is 360 g/mol. The molecule has 4 aliphatic rings. The van der Waals surface area contributed by atoms with E-state index in [1.807, 2.05) is 18.2 Å². The Balaban J connectivity index is 1.73. The molecule has 3 heteroatoms. The molecule has 5 rings (SSSR count). The van der Waals surface area contributed by atoms with E-state index >= 15 is 0 Å². The number of Topliss-reactive ketones (excluding diaryl/α,β-unsaturated/α-hetero) is 1. The minimum absolute atomic E-state index is 0.0221. The van der Waals surface area contributed by atoms with Gasteiger partial charge in [-0.25, -0.2) is 0 Å². The van der Waals surface area contributed by atoms with Crippen molar-refractivity contribution in [3.8, 4) is 5.75 Å². The fourth-order valence-electron chi connectivity index (χ4n) is 8.06. The van der Waals surface area contributed by atoms with Gasteiger partial charge in [-0.15, -0.1) is 6.58 Å². The number of methoxy groups -OCH3 is 1. The molecule has 0 amide bonds. The summed E-state index contributed by atoms with van der Waals surface area (Å²) in [6, 6.07) is 8.37. The molecule has 0 aromatic heterocycles. The zero-order valence-electron chi connectivity index (χ0n) is 17.6. The lowest BCUT2D eigenvalue weighted by Crippen LogP contribution is -2.52. The lowest BCUT2D eigenvalue weighted by Gasteiger charge is -2.50. The lowest BCUT2D eigenvalue weighted by molar-refractivity contribution is -0.140. The average Bonchev–Trinajstić information content (AvgIpc) is 3.12. The third kappa shape index (κ3) is 2.10. The summed E-state index contributed by atoms with van der Waals surface area (Å²) in [6.07, 6.45) is 11.8. The maximum atomic E-state index is 13.6. The van der Waals surface area contributed by atoms with Gasteiger partial charge in [0.25, 0.3) is 0 Å². The predicted octanol–water partition coefficient (Wildman–Crippen LogP) is 4.84. The fraction of sp³-hybridized carbons (Fsp3) is 0.577. The first-order chi connectivity index (χ1) is 13.9. The quantitative estimate of drug-likeness (QED) is 0.746. The second kappa shape index (κ2) is 6.31. The smallest absolute Gasteiger partial charge is 0.137 e. The van der Waals surface area contributed by atoms with Gasteiger partial charge in [0.1, 0.15) is 11.5 Å². The van der Waals surface area contributed by atoms with Crippen LogP contribution in [0.15, 0.2) is 49.1 Å². The summed E-state index contributed by atoms with van der Waals surface area (Å²) in [5.41, 5.74) is 0.758. The molecule has 3 nitrogen and oxygen atoms in total. The van der Waals surface area contributed by atoms with Crippen LogP contribution in [0.1, 0.15) is 51.0 Å². The van der Waals surface area contributed by atoms with Crippen LogP contribution in [0.25, 0.3) is 0 Å².